The number of hydrogen-bond acceptors (Lipinski definition) is 2. The van der Waals surface area contributed by atoms with E-state index in [1.807, 2.05) is 42.5 Å². The van der Waals surface area contributed by atoms with Crippen LogP contribution in [0.4, 0.5) is 0 Å². The zero-order chi connectivity index (χ0) is 13.2. The summed E-state index contributed by atoms with van der Waals surface area (Å²) in [4.78, 5) is 14.1. The standard InChI is InChI=1S/C16H12NO2/c1-19-15-10-14-12(7-8-16(18)17-14)9-13(15)11-5-3-2-4-6-11/h2-3,5-10H,1H3,(H,17,18). The first-order chi connectivity index (χ1) is 9.28. The summed E-state index contributed by atoms with van der Waals surface area (Å²) < 4.78 is 5.41. The van der Waals surface area contributed by atoms with Gasteiger partial charge in [-0.3, -0.25) is 4.79 Å². The summed E-state index contributed by atoms with van der Waals surface area (Å²) in [7, 11) is 1.62. The molecule has 3 rings (SSSR count). The number of pyridine rings is 1. The maximum atomic E-state index is 11.3. The van der Waals surface area contributed by atoms with Crippen molar-refractivity contribution in [3.8, 4) is 16.9 Å². The number of nitrogens with one attached hydrogen (secondary N) is 1. The number of rotatable bonds is 2. The Labute approximate surface area is 110 Å². The SMILES string of the molecule is COc1cc2[nH]c(=O)ccc2cc1-c1c[c]ccc1. The molecule has 0 amide bonds. The van der Waals surface area contributed by atoms with Crippen LogP contribution in [-0.2, 0) is 0 Å². The number of methoxy groups -OCH3 is 1. The summed E-state index contributed by atoms with van der Waals surface area (Å²) in [5.41, 5.74) is 2.68. The van der Waals surface area contributed by atoms with Crippen LogP contribution < -0.4 is 10.3 Å². The zero-order valence-corrected chi connectivity index (χ0v) is 10.4. The molecule has 0 aliphatic heterocycles. The molecule has 0 aliphatic carbocycles. The average Bonchev–Trinajstić information content (AvgIpc) is 2.46. The first kappa shape index (κ1) is 11.5. The second-order valence-electron chi connectivity index (χ2n) is 4.25. The number of aromatic amines is 1. The minimum atomic E-state index is -0.115. The summed E-state index contributed by atoms with van der Waals surface area (Å²) >= 11 is 0. The molecule has 1 heterocycles. The van der Waals surface area contributed by atoms with Crippen LogP contribution in [0.2, 0.25) is 0 Å². The highest BCUT2D eigenvalue weighted by Crippen LogP contribution is 2.32. The molecule has 1 N–H and O–H groups in total. The van der Waals surface area contributed by atoms with E-state index in [1.165, 1.54) is 6.07 Å². The molecule has 0 saturated heterocycles. The number of benzene rings is 2. The first-order valence-electron chi connectivity index (χ1n) is 5.95. The second kappa shape index (κ2) is 4.61. The van der Waals surface area contributed by atoms with Gasteiger partial charge in [-0.15, -0.1) is 0 Å². The average molecular weight is 250 g/mol. The Hall–Kier alpha value is -2.55. The molecule has 0 atom stereocenters. The fraction of sp³-hybridized carbons (Fsp3) is 0.0625. The topological polar surface area (TPSA) is 42.1 Å². The van der Waals surface area contributed by atoms with Crippen molar-refractivity contribution >= 4 is 10.9 Å². The van der Waals surface area contributed by atoms with Crippen molar-refractivity contribution in [1.29, 1.82) is 0 Å². The van der Waals surface area contributed by atoms with E-state index in [9.17, 15) is 4.79 Å². The number of fused-ring (bicyclic) bond motifs is 1. The molecule has 19 heavy (non-hydrogen) atoms. The molecule has 1 aromatic heterocycles. The molecule has 0 unspecified atom stereocenters. The van der Waals surface area contributed by atoms with Crippen LogP contribution in [0.1, 0.15) is 0 Å². The van der Waals surface area contributed by atoms with Crippen molar-refractivity contribution in [3.05, 3.63) is 65.0 Å². The molecule has 2 aromatic carbocycles. The number of ether oxygens (including phenoxy) is 1. The third-order valence-electron chi connectivity index (χ3n) is 3.06. The third-order valence-corrected chi connectivity index (χ3v) is 3.06. The summed E-state index contributed by atoms with van der Waals surface area (Å²) in [5, 5.41) is 0.972. The van der Waals surface area contributed by atoms with E-state index in [4.69, 9.17) is 4.74 Å². The lowest BCUT2D eigenvalue weighted by atomic mass is 10.0. The molecule has 3 heteroatoms. The van der Waals surface area contributed by atoms with E-state index < -0.39 is 0 Å². The number of hydrogen-bond donors (Lipinski definition) is 1. The summed E-state index contributed by atoms with van der Waals surface area (Å²) in [5.74, 6) is 0.731. The van der Waals surface area contributed by atoms with Crippen LogP contribution in [0.15, 0.2) is 53.3 Å². The molecule has 0 saturated carbocycles. The maximum Gasteiger partial charge on any atom is 0.248 e. The van der Waals surface area contributed by atoms with Gasteiger partial charge in [0.1, 0.15) is 5.75 Å². The molecule has 3 nitrogen and oxygen atoms in total. The van der Waals surface area contributed by atoms with Gasteiger partial charge in [-0.25, -0.2) is 0 Å². The van der Waals surface area contributed by atoms with Crippen LogP contribution in [0.3, 0.4) is 0 Å². The van der Waals surface area contributed by atoms with Gasteiger partial charge in [0.2, 0.25) is 5.56 Å². The Balaban J connectivity index is 2.30. The highest BCUT2D eigenvalue weighted by molar-refractivity contribution is 5.88. The van der Waals surface area contributed by atoms with Crippen LogP contribution in [0.25, 0.3) is 22.0 Å². The Kier molecular flexibility index (Phi) is 2.80. The highest BCUT2D eigenvalue weighted by atomic mass is 16.5. The quantitative estimate of drug-likeness (QED) is 0.759. The molecule has 93 valence electrons. The summed E-state index contributed by atoms with van der Waals surface area (Å²) in [6, 6.07) is 18.0. The lowest BCUT2D eigenvalue weighted by Gasteiger charge is -2.10. The number of H-pyrrole nitrogens is 1. The smallest absolute Gasteiger partial charge is 0.248 e. The van der Waals surface area contributed by atoms with E-state index in [-0.39, 0.29) is 5.56 Å². The van der Waals surface area contributed by atoms with Crippen LogP contribution in [-0.4, -0.2) is 12.1 Å². The molecular formula is C16H12NO2. The lowest BCUT2D eigenvalue weighted by Crippen LogP contribution is -2.02. The lowest BCUT2D eigenvalue weighted by molar-refractivity contribution is 0.417. The summed E-state index contributed by atoms with van der Waals surface area (Å²) in [6.45, 7) is 0. The van der Waals surface area contributed by atoms with Crippen molar-refractivity contribution in [2.45, 2.75) is 0 Å². The van der Waals surface area contributed by atoms with Gasteiger partial charge in [0.15, 0.2) is 0 Å². The molecule has 1 radical (unpaired) electrons. The molecule has 0 aliphatic rings. The van der Waals surface area contributed by atoms with Crippen molar-refractivity contribution in [3.63, 3.8) is 0 Å². The summed E-state index contributed by atoms with van der Waals surface area (Å²) in [6.07, 6.45) is 0. The molecule has 0 fully saturated rings. The van der Waals surface area contributed by atoms with Gasteiger partial charge < -0.3 is 9.72 Å². The number of aromatic nitrogens is 1. The largest absolute Gasteiger partial charge is 0.496 e. The maximum absolute atomic E-state index is 11.3. The Morgan fingerprint density at radius 2 is 2.11 bits per heavy atom. The van der Waals surface area contributed by atoms with Crippen molar-refractivity contribution < 1.29 is 4.74 Å². The van der Waals surface area contributed by atoms with Gasteiger partial charge in [0.25, 0.3) is 0 Å². The molecule has 0 spiro atoms. The highest BCUT2D eigenvalue weighted by Gasteiger charge is 2.08. The fourth-order valence-electron chi connectivity index (χ4n) is 2.14. The van der Waals surface area contributed by atoms with E-state index in [2.05, 4.69) is 11.1 Å². The predicted molar refractivity (Wildman–Crippen MR) is 75.4 cm³/mol. The van der Waals surface area contributed by atoms with Crippen molar-refractivity contribution in [2.24, 2.45) is 0 Å². The molecule has 3 aromatic rings. The van der Waals surface area contributed by atoms with E-state index >= 15 is 0 Å². The molecular weight excluding hydrogens is 238 g/mol. The minimum absolute atomic E-state index is 0.115. The second-order valence-corrected chi connectivity index (χ2v) is 4.25. The molecule has 0 bridgehead atoms. The fourth-order valence-corrected chi connectivity index (χ4v) is 2.14. The first-order valence-corrected chi connectivity index (χ1v) is 5.95. The third kappa shape index (κ3) is 2.10. The van der Waals surface area contributed by atoms with Crippen LogP contribution in [0.5, 0.6) is 5.75 Å². The minimum Gasteiger partial charge on any atom is -0.496 e. The monoisotopic (exact) mass is 250 g/mol. The zero-order valence-electron chi connectivity index (χ0n) is 10.4. The van der Waals surface area contributed by atoms with Gasteiger partial charge in [-0.2, -0.15) is 0 Å². The van der Waals surface area contributed by atoms with Gasteiger partial charge in [0, 0.05) is 17.7 Å². The van der Waals surface area contributed by atoms with Gasteiger partial charge in [-0.1, -0.05) is 18.2 Å². The normalized spacial score (nSPS) is 10.6. The van der Waals surface area contributed by atoms with Gasteiger partial charge >= 0.3 is 0 Å². The predicted octanol–water partition coefficient (Wildman–Crippen LogP) is 3.00. The van der Waals surface area contributed by atoms with Crippen LogP contribution >= 0.6 is 0 Å². The van der Waals surface area contributed by atoms with Crippen LogP contribution in [0, 0.1) is 6.07 Å². The Morgan fingerprint density at radius 3 is 2.84 bits per heavy atom. The van der Waals surface area contributed by atoms with Crippen molar-refractivity contribution in [2.75, 3.05) is 7.11 Å². The van der Waals surface area contributed by atoms with E-state index in [0.717, 1.165) is 27.8 Å². The Bertz CT molecular complexity index is 776. The van der Waals surface area contributed by atoms with Crippen molar-refractivity contribution in [1.82, 2.24) is 4.98 Å². The van der Waals surface area contributed by atoms with Gasteiger partial charge in [0.05, 0.1) is 12.6 Å². The van der Waals surface area contributed by atoms with E-state index in [1.54, 1.807) is 7.11 Å². The van der Waals surface area contributed by atoms with Gasteiger partial charge in [-0.05, 0) is 35.2 Å². The Morgan fingerprint density at radius 1 is 1.21 bits per heavy atom. The van der Waals surface area contributed by atoms with E-state index in [0.29, 0.717) is 0 Å².